The fourth-order valence-electron chi connectivity index (χ4n) is 2.06. The van der Waals surface area contributed by atoms with E-state index in [4.69, 9.17) is 16.3 Å². The van der Waals surface area contributed by atoms with Crippen molar-refractivity contribution < 1.29 is 13.3 Å². The Morgan fingerprint density at radius 2 is 2.25 bits per heavy atom. The summed E-state index contributed by atoms with van der Waals surface area (Å²) in [4.78, 5) is 4.36. The zero-order chi connectivity index (χ0) is 14.9. The standard InChI is InChI=1S/C13H16ClFN2O2S/c1-8(14)13-16-10-6-9(15)12(19-2)7-11(10)17(13)4-5-20(3)18/h6-8H,4-5H2,1-3H3. The Kier molecular flexibility index (Phi) is 4.65. The fraction of sp³-hybridized carbons (Fsp3) is 0.462. The number of hydrogen-bond acceptors (Lipinski definition) is 3. The first-order chi connectivity index (χ1) is 9.43. The number of aromatic nitrogens is 2. The van der Waals surface area contributed by atoms with Gasteiger partial charge in [0.25, 0.3) is 0 Å². The van der Waals surface area contributed by atoms with Gasteiger partial charge in [-0.2, -0.15) is 0 Å². The van der Waals surface area contributed by atoms with Crippen molar-refractivity contribution in [2.24, 2.45) is 0 Å². The van der Waals surface area contributed by atoms with E-state index in [2.05, 4.69) is 4.98 Å². The molecule has 1 aromatic carbocycles. The molecule has 0 N–H and O–H groups in total. The molecule has 0 amide bonds. The molecule has 2 unspecified atom stereocenters. The average Bonchev–Trinajstić information content (AvgIpc) is 2.72. The molecule has 0 bridgehead atoms. The van der Waals surface area contributed by atoms with Crippen molar-refractivity contribution in [3.8, 4) is 5.75 Å². The van der Waals surface area contributed by atoms with E-state index in [9.17, 15) is 8.60 Å². The van der Waals surface area contributed by atoms with E-state index in [0.29, 0.717) is 23.6 Å². The number of fused-ring (bicyclic) bond motifs is 1. The van der Waals surface area contributed by atoms with Crippen molar-refractivity contribution in [2.45, 2.75) is 18.8 Å². The SMILES string of the molecule is COc1cc2c(cc1F)nc(C(C)Cl)n2CCS(C)=O. The lowest BCUT2D eigenvalue weighted by Gasteiger charge is -2.10. The molecule has 0 radical (unpaired) electrons. The van der Waals surface area contributed by atoms with Crippen LogP contribution in [0.15, 0.2) is 12.1 Å². The summed E-state index contributed by atoms with van der Waals surface area (Å²) >= 11 is 6.12. The molecule has 20 heavy (non-hydrogen) atoms. The zero-order valence-electron chi connectivity index (χ0n) is 11.5. The van der Waals surface area contributed by atoms with Gasteiger partial charge in [0.15, 0.2) is 11.6 Å². The lowest BCUT2D eigenvalue weighted by atomic mass is 10.3. The number of imidazole rings is 1. The molecule has 0 aliphatic heterocycles. The van der Waals surface area contributed by atoms with Crippen molar-refractivity contribution in [3.63, 3.8) is 0 Å². The number of rotatable bonds is 5. The smallest absolute Gasteiger partial charge is 0.167 e. The summed E-state index contributed by atoms with van der Waals surface area (Å²) in [7, 11) is 0.491. The Morgan fingerprint density at radius 1 is 1.55 bits per heavy atom. The largest absolute Gasteiger partial charge is 0.494 e. The number of halogens is 2. The third-order valence-electron chi connectivity index (χ3n) is 3.01. The maximum Gasteiger partial charge on any atom is 0.167 e. The molecule has 2 rings (SSSR count). The van der Waals surface area contributed by atoms with Crippen LogP contribution in [0.1, 0.15) is 18.1 Å². The highest BCUT2D eigenvalue weighted by Crippen LogP contribution is 2.29. The summed E-state index contributed by atoms with van der Waals surface area (Å²) in [5, 5.41) is -0.318. The Labute approximate surface area is 124 Å². The first-order valence-electron chi connectivity index (χ1n) is 6.11. The molecule has 0 saturated carbocycles. The van der Waals surface area contributed by atoms with Crippen LogP contribution in [0.3, 0.4) is 0 Å². The van der Waals surface area contributed by atoms with Crippen LogP contribution in [-0.4, -0.2) is 32.9 Å². The highest BCUT2D eigenvalue weighted by Gasteiger charge is 2.17. The van der Waals surface area contributed by atoms with Gasteiger partial charge >= 0.3 is 0 Å². The summed E-state index contributed by atoms with van der Waals surface area (Å²) in [6, 6.07) is 2.93. The normalized spacial score (nSPS) is 14.4. The van der Waals surface area contributed by atoms with Crippen LogP contribution in [-0.2, 0) is 17.3 Å². The monoisotopic (exact) mass is 318 g/mol. The molecule has 0 fully saturated rings. The summed E-state index contributed by atoms with van der Waals surface area (Å²) in [5.41, 5.74) is 1.25. The quantitative estimate of drug-likeness (QED) is 0.796. The topological polar surface area (TPSA) is 44.1 Å². The number of aryl methyl sites for hydroxylation is 1. The van der Waals surface area contributed by atoms with Gasteiger partial charge in [0.05, 0.1) is 23.5 Å². The maximum atomic E-state index is 13.7. The van der Waals surface area contributed by atoms with E-state index in [1.54, 1.807) is 19.2 Å². The van der Waals surface area contributed by atoms with Gasteiger partial charge in [0, 0.05) is 41.5 Å². The second kappa shape index (κ2) is 6.10. The van der Waals surface area contributed by atoms with E-state index in [0.717, 1.165) is 5.52 Å². The third-order valence-corrected chi connectivity index (χ3v) is 3.96. The first kappa shape index (κ1) is 15.3. The summed E-state index contributed by atoms with van der Waals surface area (Å²) < 4.78 is 31.9. The van der Waals surface area contributed by atoms with E-state index < -0.39 is 16.6 Å². The Hall–Kier alpha value is -1.14. The molecule has 0 aliphatic carbocycles. The highest BCUT2D eigenvalue weighted by atomic mass is 35.5. The minimum atomic E-state index is -0.923. The molecule has 110 valence electrons. The summed E-state index contributed by atoms with van der Waals surface area (Å²) in [6.45, 7) is 2.32. The number of hydrogen-bond donors (Lipinski definition) is 0. The van der Waals surface area contributed by atoms with Crippen molar-refractivity contribution in [1.82, 2.24) is 9.55 Å². The number of ether oxygens (including phenoxy) is 1. The van der Waals surface area contributed by atoms with Crippen LogP contribution >= 0.6 is 11.6 Å². The van der Waals surface area contributed by atoms with Gasteiger partial charge in [-0.3, -0.25) is 4.21 Å². The molecule has 4 nitrogen and oxygen atoms in total. The number of nitrogens with zero attached hydrogens (tertiary/aromatic N) is 2. The second-order valence-electron chi connectivity index (χ2n) is 4.49. The maximum absolute atomic E-state index is 13.7. The minimum Gasteiger partial charge on any atom is -0.494 e. The van der Waals surface area contributed by atoms with E-state index in [1.807, 2.05) is 4.57 Å². The molecule has 1 heterocycles. The van der Waals surface area contributed by atoms with Crippen LogP contribution < -0.4 is 4.74 Å². The van der Waals surface area contributed by atoms with Crippen molar-refractivity contribution >= 4 is 33.4 Å². The summed E-state index contributed by atoms with van der Waals surface area (Å²) in [6.07, 6.45) is 1.64. The molecule has 2 aromatic rings. The number of methoxy groups -OCH3 is 1. The Morgan fingerprint density at radius 3 is 2.80 bits per heavy atom. The molecular formula is C13H16ClFN2O2S. The average molecular weight is 319 g/mol. The van der Waals surface area contributed by atoms with Crippen LogP contribution in [0.2, 0.25) is 0 Å². The second-order valence-corrected chi connectivity index (χ2v) is 6.70. The van der Waals surface area contributed by atoms with Gasteiger partial charge in [0.1, 0.15) is 5.82 Å². The molecule has 0 saturated heterocycles. The van der Waals surface area contributed by atoms with E-state index in [-0.39, 0.29) is 11.1 Å². The zero-order valence-corrected chi connectivity index (χ0v) is 13.1. The number of alkyl halides is 1. The van der Waals surface area contributed by atoms with Crippen LogP contribution in [0.25, 0.3) is 11.0 Å². The predicted molar refractivity (Wildman–Crippen MR) is 79.4 cm³/mol. The lowest BCUT2D eigenvalue weighted by molar-refractivity contribution is 0.387. The number of benzene rings is 1. The van der Waals surface area contributed by atoms with Crippen molar-refractivity contribution in [2.75, 3.05) is 19.1 Å². The van der Waals surface area contributed by atoms with Gasteiger partial charge < -0.3 is 9.30 Å². The van der Waals surface area contributed by atoms with E-state index >= 15 is 0 Å². The molecule has 2 atom stereocenters. The lowest BCUT2D eigenvalue weighted by Crippen LogP contribution is -2.10. The van der Waals surface area contributed by atoms with Crippen LogP contribution in [0.4, 0.5) is 4.39 Å². The van der Waals surface area contributed by atoms with Crippen LogP contribution in [0, 0.1) is 5.82 Å². The molecule has 7 heteroatoms. The van der Waals surface area contributed by atoms with E-state index in [1.165, 1.54) is 13.2 Å². The van der Waals surface area contributed by atoms with Gasteiger partial charge in [-0.15, -0.1) is 11.6 Å². The fourth-order valence-corrected chi connectivity index (χ4v) is 2.67. The third kappa shape index (κ3) is 2.96. The van der Waals surface area contributed by atoms with Gasteiger partial charge in [-0.25, -0.2) is 9.37 Å². The Balaban J connectivity index is 2.59. The highest BCUT2D eigenvalue weighted by molar-refractivity contribution is 7.84. The van der Waals surface area contributed by atoms with Crippen molar-refractivity contribution in [1.29, 1.82) is 0 Å². The van der Waals surface area contributed by atoms with Gasteiger partial charge in [-0.1, -0.05) is 0 Å². The Bertz CT molecular complexity index is 657. The minimum absolute atomic E-state index is 0.157. The molecule has 0 aliphatic rings. The predicted octanol–water partition coefficient (Wildman–Crippen LogP) is 2.86. The molecule has 1 aromatic heterocycles. The first-order valence-corrected chi connectivity index (χ1v) is 8.28. The van der Waals surface area contributed by atoms with Gasteiger partial charge in [-0.05, 0) is 6.92 Å². The molecule has 0 spiro atoms. The van der Waals surface area contributed by atoms with Crippen molar-refractivity contribution in [3.05, 3.63) is 23.8 Å². The van der Waals surface area contributed by atoms with Crippen LogP contribution in [0.5, 0.6) is 5.75 Å². The van der Waals surface area contributed by atoms with Gasteiger partial charge in [0.2, 0.25) is 0 Å². The molecular weight excluding hydrogens is 303 g/mol. The summed E-state index contributed by atoms with van der Waals surface area (Å²) in [5.74, 6) is 0.823.